The highest BCUT2D eigenvalue weighted by atomic mass is 19.1. The summed E-state index contributed by atoms with van der Waals surface area (Å²) in [5.41, 5.74) is 2.41. The number of rotatable bonds is 4. The molecule has 0 aliphatic carbocycles. The summed E-state index contributed by atoms with van der Waals surface area (Å²) in [4.78, 5) is 26.0. The van der Waals surface area contributed by atoms with Gasteiger partial charge in [-0.3, -0.25) is 9.59 Å². The van der Waals surface area contributed by atoms with Gasteiger partial charge in [-0.25, -0.2) is 4.39 Å². The van der Waals surface area contributed by atoms with Crippen molar-refractivity contribution in [3.8, 4) is 0 Å². The molecule has 4 rings (SSSR count). The maximum absolute atomic E-state index is 14.2. The Labute approximate surface area is 161 Å². The summed E-state index contributed by atoms with van der Waals surface area (Å²) in [5, 5.41) is 0.441. The van der Waals surface area contributed by atoms with E-state index in [0.717, 1.165) is 5.56 Å². The van der Waals surface area contributed by atoms with Crippen LogP contribution in [-0.2, 0) is 6.54 Å². The van der Waals surface area contributed by atoms with Crippen molar-refractivity contribution >= 4 is 16.7 Å². The number of carbonyl (C=O) groups is 1. The lowest BCUT2D eigenvalue weighted by Gasteiger charge is -2.14. The number of aromatic nitrogens is 1. The number of para-hydroxylation sites is 1. The highest BCUT2D eigenvalue weighted by Gasteiger charge is 2.17. The van der Waals surface area contributed by atoms with Crippen LogP contribution < -0.4 is 5.43 Å². The van der Waals surface area contributed by atoms with Gasteiger partial charge in [-0.1, -0.05) is 60.2 Å². The molecule has 4 aromatic rings. The van der Waals surface area contributed by atoms with Crippen molar-refractivity contribution in [1.82, 2.24) is 4.57 Å². The zero-order valence-corrected chi connectivity index (χ0v) is 15.4. The fourth-order valence-electron chi connectivity index (χ4n) is 3.31. The standard InChI is InChI=1S/C24H18FNO2/c1-16-10-12-17(13-11-16)23(27)20-15-26(14-18-6-2-4-8-21(18)25)22-9-5-3-7-19(22)24(20)28/h2-13,15H,14H2,1H3. The van der Waals surface area contributed by atoms with Crippen LogP contribution in [0.5, 0.6) is 0 Å². The van der Waals surface area contributed by atoms with Gasteiger partial charge < -0.3 is 4.57 Å². The molecule has 138 valence electrons. The summed E-state index contributed by atoms with van der Waals surface area (Å²) < 4.78 is 15.9. The summed E-state index contributed by atoms with van der Waals surface area (Å²) in [6, 6.07) is 20.7. The van der Waals surface area contributed by atoms with Gasteiger partial charge in [0, 0.05) is 22.7 Å². The summed E-state index contributed by atoms with van der Waals surface area (Å²) in [7, 11) is 0. The fraction of sp³-hybridized carbons (Fsp3) is 0.0833. The minimum absolute atomic E-state index is 0.0823. The Bertz CT molecular complexity index is 1240. The first kappa shape index (κ1) is 17.9. The molecule has 0 aliphatic heterocycles. The molecule has 0 unspecified atom stereocenters. The number of benzene rings is 3. The fourth-order valence-corrected chi connectivity index (χ4v) is 3.31. The van der Waals surface area contributed by atoms with Crippen molar-refractivity contribution in [3.63, 3.8) is 0 Å². The SMILES string of the molecule is Cc1ccc(C(=O)c2cn(Cc3ccccc3F)c3ccccc3c2=O)cc1. The first-order valence-corrected chi connectivity index (χ1v) is 9.01. The van der Waals surface area contributed by atoms with Crippen molar-refractivity contribution in [3.05, 3.63) is 117 Å². The number of ketones is 1. The number of nitrogens with zero attached hydrogens (tertiary/aromatic N) is 1. The quantitative estimate of drug-likeness (QED) is 0.487. The molecule has 0 saturated carbocycles. The van der Waals surface area contributed by atoms with Gasteiger partial charge in [0.25, 0.3) is 0 Å². The summed E-state index contributed by atoms with van der Waals surface area (Å²) >= 11 is 0. The molecule has 0 radical (unpaired) electrons. The number of aryl methyl sites for hydroxylation is 1. The van der Waals surface area contributed by atoms with E-state index in [0.29, 0.717) is 22.0 Å². The molecule has 1 heterocycles. The molecule has 0 amide bonds. The van der Waals surface area contributed by atoms with Crippen LogP contribution in [0, 0.1) is 12.7 Å². The average molecular weight is 371 g/mol. The topological polar surface area (TPSA) is 39.1 Å². The number of pyridine rings is 1. The van der Waals surface area contributed by atoms with Gasteiger partial charge in [0.2, 0.25) is 5.43 Å². The number of halogens is 1. The molecule has 28 heavy (non-hydrogen) atoms. The van der Waals surface area contributed by atoms with Gasteiger partial charge >= 0.3 is 0 Å². The Hall–Kier alpha value is -3.53. The second-order valence-electron chi connectivity index (χ2n) is 6.80. The van der Waals surface area contributed by atoms with Crippen molar-refractivity contribution in [2.45, 2.75) is 13.5 Å². The Morgan fingerprint density at radius 2 is 1.61 bits per heavy atom. The molecule has 1 aromatic heterocycles. The van der Waals surface area contributed by atoms with Gasteiger partial charge in [-0.15, -0.1) is 0 Å². The summed E-state index contributed by atoms with van der Waals surface area (Å²) in [6.45, 7) is 2.16. The van der Waals surface area contributed by atoms with E-state index < -0.39 is 0 Å². The molecular formula is C24H18FNO2. The Morgan fingerprint density at radius 1 is 0.929 bits per heavy atom. The number of carbonyl (C=O) groups excluding carboxylic acids is 1. The van der Waals surface area contributed by atoms with Crippen molar-refractivity contribution < 1.29 is 9.18 Å². The van der Waals surface area contributed by atoms with Crippen LogP contribution >= 0.6 is 0 Å². The van der Waals surface area contributed by atoms with E-state index in [1.807, 2.05) is 25.1 Å². The summed E-state index contributed by atoms with van der Waals surface area (Å²) in [6.07, 6.45) is 1.54. The third kappa shape index (κ3) is 3.25. The van der Waals surface area contributed by atoms with Crippen molar-refractivity contribution in [2.24, 2.45) is 0 Å². The smallest absolute Gasteiger partial charge is 0.200 e. The normalized spacial score (nSPS) is 10.9. The lowest BCUT2D eigenvalue weighted by molar-refractivity contribution is 0.103. The van der Waals surface area contributed by atoms with E-state index in [9.17, 15) is 14.0 Å². The molecule has 4 heteroatoms. The van der Waals surface area contributed by atoms with E-state index >= 15 is 0 Å². The number of hydrogen-bond donors (Lipinski definition) is 0. The number of fused-ring (bicyclic) bond motifs is 1. The zero-order valence-electron chi connectivity index (χ0n) is 15.4. The monoisotopic (exact) mass is 371 g/mol. The third-order valence-corrected chi connectivity index (χ3v) is 4.84. The van der Waals surface area contributed by atoms with Crippen LogP contribution in [-0.4, -0.2) is 10.4 Å². The summed E-state index contributed by atoms with van der Waals surface area (Å²) in [5.74, 6) is -0.658. The zero-order chi connectivity index (χ0) is 19.7. The second kappa shape index (κ2) is 7.24. The largest absolute Gasteiger partial charge is 0.342 e. The average Bonchev–Trinajstić information content (AvgIpc) is 2.72. The molecule has 0 bridgehead atoms. The predicted octanol–water partition coefficient (Wildman–Crippen LogP) is 4.73. The van der Waals surface area contributed by atoms with E-state index in [-0.39, 0.29) is 29.1 Å². The highest BCUT2D eigenvalue weighted by molar-refractivity contribution is 6.10. The minimum atomic E-state index is -0.335. The van der Waals surface area contributed by atoms with Crippen LogP contribution in [0.4, 0.5) is 4.39 Å². The van der Waals surface area contributed by atoms with Crippen molar-refractivity contribution in [2.75, 3.05) is 0 Å². The third-order valence-electron chi connectivity index (χ3n) is 4.84. The van der Waals surface area contributed by atoms with E-state index in [4.69, 9.17) is 0 Å². The molecule has 0 saturated heterocycles. The lowest BCUT2D eigenvalue weighted by atomic mass is 10.0. The Balaban J connectivity index is 1.89. The van der Waals surface area contributed by atoms with E-state index in [2.05, 4.69) is 0 Å². The maximum Gasteiger partial charge on any atom is 0.200 e. The Morgan fingerprint density at radius 3 is 2.36 bits per heavy atom. The predicted molar refractivity (Wildman–Crippen MR) is 108 cm³/mol. The first-order chi connectivity index (χ1) is 13.5. The molecule has 0 aliphatic rings. The molecular weight excluding hydrogens is 353 g/mol. The maximum atomic E-state index is 14.2. The lowest BCUT2D eigenvalue weighted by Crippen LogP contribution is -2.20. The van der Waals surface area contributed by atoms with Crippen LogP contribution in [0.15, 0.2) is 83.8 Å². The first-order valence-electron chi connectivity index (χ1n) is 9.01. The molecule has 0 N–H and O–H groups in total. The second-order valence-corrected chi connectivity index (χ2v) is 6.80. The van der Waals surface area contributed by atoms with Crippen LogP contribution in [0.2, 0.25) is 0 Å². The number of hydrogen-bond acceptors (Lipinski definition) is 2. The van der Waals surface area contributed by atoms with Crippen LogP contribution in [0.1, 0.15) is 27.0 Å². The molecule has 3 nitrogen and oxygen atoms in total. The van der Waals surface area contributed by atoms with E-state index in [1.165, 1.54) is 6.07 Å². The van der Waals surface area contributed by atoms with Gasteiger partial charge in [-0.2, -0.15) is 0 Å². The molecule has 0 atom stereocenters. The molecule has 3 aromatic carbocycles. The van der Waals surface area contributed by atoms with Crippen molar-refractivity contribution in [1.29, 1.82) is 0 Å². The van der Waals surface area contributed by atoms with E-state index in [1.54, 1.807) is 59.3 Å². The Kier molecular flexibility index (Phi) is 4.62. The highest BCUT2D eigenvalue weighted by Crippen LogP contribution is 2.17. The molecule has 0 fully saturated rings. The van der Waals surface area contributed by atoms with Gasteiger partial charge in [0.1, 0.15) is 5.82 Å². The minimum Gasteiger partial charge on any atom is -0.342 e. The van der Waals surface area contributed by atoms with Crippen LogP contribution in [0.25, 0.3) is 10.9 Å². The van der Waals surface area contributed by atoms with Gasteiger partial charge in [0.05, 0.1) is 17.6 Å². The van der Waals surface area contributed by atoms with Crippen LogP contribution in [0.3, 0.4) is 0 Å². The van der Waals surface area contributed by atoms with Gasteiger partial charge in [0.15, 0.2) is 5.78 Å². The van der Waals surface area contributed by atoms with Gasteiger partial charge in [-0.05, 0) is 25.1 Å². The molecule has 0 spiro atoms.